The Hall–Kier alpha value is -3.41. The third kappa shape index (κ3) is 4.80. The normalized spacial score (nSPS) is 10.2. The van der Waals surface area contributed by atoms with E-state index in [0.29, 0.717) is 22.8 Å². The average molecular weight is 354 g/mol. The number of nitrogens with one attached hydrogen (secondary N) is 2. The second-order valence-corrected chi connectivity index (χ2v) is 5.48. The topological polar surface area (TPSA) is 50.4 Å². The van der Waals surface area contributed by atoms with Gasteiger partial charge in [0, 0.05) is 23.1 Å². The Morgan fingerprint density at radius 2 is 1.46 bits per heavy atom. The zero-order valence-corrected chi connectivity index (χ0v) is 13.7. The van der Waals surface area contributed by atoms with Gasteiger partial charge in [0.1, 0.15) is 5.75 Å². The fourth-order valence-corrected chi connectivity index (χ4v) is 2.24. The van der Waals surface area contributed by atoms with Gasteiger partial charge in [0.15, 0.2) is 18.2 Å². The van der Waals surface area contributed by atoms with Gasteiger partial charge in [0.2, 0.25) is 0 Å². The van der Waals surface area contributed by atoms with Gasteiger partial charge in [-0.1, -0.05) is 18.2 Å². The molecule has 0 radical (unpaired) electrons. The van der Waals surface area contributed by atoms with E-state index in [0.717, 1.165) is 12.1 Å². The minimum atomic E-state index is -0.919. The monoisotopic (exact) mass is 354 g/mol. The Bertz CT molecular complexity index is 884. The first-order chi connectivity index (χ1) is 12.6. The van der Waals surface area contributed by atoms with Crippen LogP contribution in [0.2, 0.25) is 0 Å². The summed E-state index contributed by atoms with van der Waals surface area (Å²) in [7, 11) is 0. The molecule has 0 unspecified atom stereocenters. The van der Waals surface area contributed by atoms with Gasteiger partial charge in [-0.25, -0.2) is 8.78 Å². The molecular formula is C20H16F2N2O2. The van der Waals surface area contributed by atoms with Crippen molar-refractivity contribution in [3.8, 4) is 5.75 Å². The highest BCUT2D eigenvalue weighted by molar-refractivity contribution is 5.92. The van der Waals surface area contributed by atoms with Gasteiger partial charge in [0.25, 0.3) is 5.91 Å². The van der Waals surface area contributed by atoms with E-state index in [9.17, 15) is 13.6 Å². The number of para-hydroxylation sites is 1. The lowest BCUT2D eigenvalue weighted by atomic mass is 10.2. The standard InChI is InChI=1S/C20H16F2N2O2/c21-18-11-10-16(12-19(18)22)23-14-6-8-15(9-7-14)24-20(25)13-26-17-4-2-1-3-5-17/h1-12,23H,13H2,(H,24,25). The van der Waals surface area contributed by atoms with Crippen LogP contribution in [0.5, 0.6) is 5.75 Å². The highest BCUT2D eigenvalue weighted by Gasteiger charge is 2.05. The average Bonchev–Trinajstić information content (AvgIpc) is 2.65. The number of rotatable bonds is 6. The molecule has 0 saturated carbocycles. The van der Waals surface area contributed by atoms with Crippen molar-refractivity contribution >= 4 is 23.0 Å². The fraction of sp³-hybridized carbons (Fsp3) is 0.0500. The molecule has 0 aliphatic carbocycles. The number of benzene rings is 3. The van der Waals surface area contributed by atoms with E-state index in [-0.39, 0.29) is 12.5 Å². The van der Waals surface area contributed by atoms with Crippen LogP contribution in [0.3, 0.4) is 0 Å². The number of hydrogen-bond acceptors (Lipinski definition) is 3. The maximum atomic E-state index is 13.2. The quantitative estimate of drug-likeness (QED) is 0.673. The summed E-state index contributed by atoms with van der Waals surface area (Å²) in [4.78, 5) is 11.9. The number of hydrogen-bond donors (Lipinski definition) is 2. The number of halogens is 2. The SMILES string of the molecule is O=C(COc1ccccc1)Nc1ccc(Nc2ccc(F)c(F)c2)cc1. The molecule has 0 heterocycles. The molecule has 2 N–H and O–H groups in total. The van der Waals surface area contributed by atoms with Crippen molar-refractivity contribution in [2.75, 3.05) is 17.2 Å². The molecule has 4 nitrogen and oxygen atoms in total. The van der Waals surface area contributed by atoms with Crippen molar-refractivity contribution in [3.05, 3.63) is 84.4 Å². The van der Waals surface area contributed by atoms with Gasteiger partial charge in [-0.3, -0.25) is 4.79 Å². The summed E-state index contributed by atoms with van der Waals surface area (Å²) >= 11 is 0. The number of anilines is 3. The smallest absolute Gasteiger partial charge is 0.262 e. The summed E-state index contributed by atoms with van der Waals surface area (Å²) in [5, 5.41) is 5.67. The van der Waals surface area contributed by atoms with Crippen molar-refractivity contribution in [3.63, 3.8) is 0 Å². The van der Waals surface area contributed by atoms with Gasteiger partial charge >= 0.3 is 0 Å². The van der Waals surface area contributed by atoms with Crippen molar-refractivity contribution in [1.29, 1.82) is 0 Å². The van der Waals surface area contributed by atoms with E-state index in [1.165, 1.54) is 6.07 Å². The van der Waals surface area contributed by atoms with Gasteiger partial charge in [-0.2, -0.15) is 0 Å². The van der Waals surface area contributed by atoms with Crippen LogP contribution >= 0.6 is 0 Å². The second-order valence-electron chi connectivity index (χ2n) is 5.48. The molecule has 0 fully saturated rings. The van der Waals surface area contributed by atoms with E-state index in [1.807, 2.05) is 18.2 Å². The van der Waals surface area contributed by atoms with Crippen LogP contribution in [0.4, 0.5) is 25.8 Å². The number of amides is 1. The van der Waals surface area contributed by atoms with Gasteiger partial charge < -0.3 is 15.4 Å². The van der Waals surface area contributed by atoms with Crippen LogP contribution in [0.15, 0.2) is 72.8 Å². The highest BCUT2D eigenvalue weighted by atomic mass is 19.2. The third-order valence-corrected chi connectivity index (χ3v) is 3.49. The Morgan fingerprint density at radius 3 is 2.15 bits per heavy atom. The summed E-state index contributed by atoms with van der Waals surface area (Å²) in [6.07, 6.45) is 0. The summed E-state index contributed by atoms with van der Waals surface area (Å²) in [6.45, 7) is -0.0983. The van der Waals surface area contributed by atoms with Crippen molar-refractivity contribution in [2.45, 2.75) is 0 Å². The lowest BCUT2D eigenvalue weighted by Crippen LogP contribution is -2.20. The first kappa shape index (κ1) is 17.4. The molecule has 3 rings (SSSR count). The zero-order valence-electron chi connectivity index (χ0n) is 13.7. The van der Waals surface area contributed by atoms with E-state index in [4.69, 9.17) is 4.74 Å². The molecule has 0 saturated heterocycles. The molecule has 26 heavy (non-hydrogen) atoms. The van der Waals surface area contributed by atoms with Crippen LogP contribution in [0.1, 0.15) is 0 Å². The maximum absolute atomic E-state index is 13.2. The van der Waals surface area contributed by atoms with Crippen LogP contribution in [0.25, 0.3) is 0 Å². The molecule has 0 bridgehead atoms. The summed E-state index contributed by atoms with van der Waals surface area (Å²) in [5.74, 6) is -1.48. The van der Waals surface area contributed by atoms with Gasteiger partial charge in [0.05, 0.1) is 0 Å². The Balaban J connectivity index is 1.53. The first-order valence-electron chi connectivity index (χ1n) is 7.90. The Labute approximate surface area is 149 Å². The van der Waals surface area contributed by atoms with Crippen molar-refractivity contribution < 1.29 is 18.3 Å². The highest BCUT2D eigenvalue weighted by Crippen LogP contribution is 2.20. The van der Waals surface area contributed by atoms with Crippen molar-refractivity contribution in [1.82, 2.24) is 0 Å². The predicted octanol–water partition coefficient (Wildman–Crippen LogP) is 4.73. The van der Waals surface area contributed by atoms with Crippen LogP contribution in [0, 0.1) is 11.6 Å². The lowest BCUT2D eigenvalue weighted by Gasteiger charge is -2.10. The predicted molar refractivity (Wildman–Crippen MR) is 96.6 cm³/mol. The Morgan fingerprint density at radius 1 is 0.808 bits per heavy atom. The molecule has 0 aromatic heterocycles. The molecule has 3 aromatic rings. The van der Waals surface area contributed by atoms with Gasteiger partial charge in [-0.15, -0.1) is 0 Å². The first-order valence-corrected chi connectivity index (χ1v) is 7.90. The molecule has 132 valence electrons. The molecular weight excluding hydrogens is 338 g/mol. The molecule has 0 aliphatic heterocycles. The zero-order chi connectivity index (χ0) is 18.4. The largest absolute Gasteiger partial charge is 0.484 e. The number of carbonyl (C=O) groups excluding carboxylic acids is 1. The molecule has 0 atom stereocenters. The van der Waals surface area contributed by atoms with Crippen LogP contribution in [-0.2, 0) is 4.79 Å². The number of ether oxygens (including phenoxy) is 1. The minimum absolute atomic E-state index is 0.0983. The fourth-order valence-electron chi connectivity index (χ4n) is 2.24. The summed E-state index contributed by atoms with van der Waals surface area (Å²) < 4.78 is 31.5. The minimum Gasteiger partial charge on any atom is -0.484 e. The maximum Gasteiger partial charge on any atom is 0.262 e. The second kappa shape index (κ2) is 8.11. The molecule has 6 heteroatoms. The molecule has 3 aromatic carbocycles. The van der Waals surface area contributed by atoms with Gasteiger partial charge in [-0.05, 0) is 48.5 Å². The molecule has 0 spiro atoms. The van der Waals surface area contributed by atoms with Crippen molar-refractivity contribution in [2.24, 2.45) is 0 Å². The van der Waals surface area contributed by atoms with Crippen LogP contribution < -0.4 is 15.4 Å². The van der Waals surface area contributed by atoms with E-state index in [1.54, 1.807) is 36.4 Å². The number of carbonyl (C=O) groups is 1. The van der Waals surface area contributed by atoms with E-state index < -0.39 is 11.6 Å². The molecule has 1 amide bonds. The molecule has 0 aliphatic rings. The Kier molecular flexibility index (Phi) is 5.43. The van der Waals surface area contributed by atoms with Crippen LogP contribution in [-0.4, -0.2) is 12.5 Å². The summed E-state index contributed by atoms with van der Waals surface area (Å²) in [6, 6.07) is 19.5. The third-order valence-electron chi connectivity index (χ3n) is 3.49. The summed E-state index contributed by atoms with van der Waals surface area (Å²) in [5.41, 5.74) is 1.70. The van der Waals surface area contributed by atoms with E-state index >= 15 is 0 Å². The van der Waals surface area contributed by atoms with E-state index in [2.05, 4.69) is 10.6 Å². The lowest BCUT2D eigenvalue weighted by molar-refractivity contribution is -0.118.